The molecule has 0 saturated carbocycles. The minimum atomic E-state index is -0.622. The van der Waals surface area contributed by atoms with Crippen LogP contribution < -0.4 is 5.32 Å². The van der Waals surface area contributed by atoms with Crippen LogP contribution in [0.3, 0.4) is 0 Å². The Morgan fingerprint density at radius 1 is 1.60 bits per heavy atom. The Morgan fingerprint density at radius 2 is 2.35 bits per heavy atom. The summed E-state index contributed by atoms with van der Waals surface area (Å²) >= 11 is 7.32. The molecule has 8 heteroatoms. The number of nitro groups is 1. The van der Waals surface area contributed by atoms with Crippen LogP contribution in [0.5, 0.6) is 0 Å². The summed E-state index contributed by atoms with van der Waals surface area (Å²) in [5.74, 6) is -0.487. The lowest BCUT2D eigenvalue weighted by atomic mass is 10.2. The molecular weight excluding hydrogens is 302 g/mol. The number of hydrogen-bond donors (Lipinski definition) is 1. The van der Waals surface area contributed by atoms with E-state index in [0.29, 0.717) is 6.54 Å². The quantitative estimate of drug-likeness (QED) is 0.534. The Bertz CT molecular complexity index is 672. The highest BCUT2D eigenvalue weighted by Gasteiger charge is 2.17. The molecule has 0 aliphatic rings. The molecule has 2 rings (SSSR count). The van der Waals surface area contributed by atoms with Crippen molar-refractivity contribution in [2.45, 2.75) is 13.5 Å². The van der Waals surface area contributed by atoms with E-state index in [-0.39, 0.29) is 16.4 Å². The zero-order chi connectivity index (χ0) is 14.7. The van der Waals surface area contributed by atoms with Gasteiger partial charge in [-0.2, -0.15) is 0 Å². The minimum absolute atomic E-state index is 0.00456. The summed E-state index contributed by atoms with van der Waals surface area (Å²) < 4.78 is 0. The molecule has 20 heavy (non-hydrogen) atoms. The van der Waals surface area contributed by atoms with Gasteiger partial charge in [0, 0.05) is 10.9 Å². The molecular formula is C12H10ClN3O3S. The molecule has 104 valence electrons. The second kappa shape index (κ2) is 5.98. The van der Waals surface area contributed by atoms with Crippen LogP contribution in [0.4, 0.5) is 5.69 Å². The van der Waals surface area contributed by atoms with Gasteiger partial charge in [-0.3, -0.25) is 14.9 Å². The van der Waals surface area contributed by atoms with E-state index in [9.17, 15) is 14.9 Å². The van der Waals surface area contributed by atoms with E-state index < -0.39 is 10.8 Å². The number of hydrogen-bond acceptors (Lipinski definition) is 5. The monoisotopic (exact) mass is 311 g/mol. The van der Waals surface area contributed by atoms with Crippen molar-refractivity contribution in [2.24, 2.45) is 0 Å². The third-order valence-electron chi connectivity index (χ3n) is 2.66. The van der Waals surface area contributed by atoms with Crippen LogP contribution in [0.15, 0.2) is 23.7 Å². The average Bonchev–Trinajstić information content (AvgIpc) is 2.81. The lowest BCUT2D eigenvalue weighted by Gasteiger charge is -2.05. The molecule has 0 radical (unpaired) electrons. The zero-order valence-electron chi connectivity index (χ0n) is 10.4. The Hall–Kier alpha value is -1.99. The molecule has 2 heterocycles. The summed E-state index contributed by atoms with van der Waals surface area (Å²) in [4.78, 5) is 26.7. The van der Waals surface area contributed by atoms with Gasteiger partial charge in [0.15, 0.2) is 0 Å². The van der Waals surface area contributed by atoms with Gasteiger partial charge in [-0.15, -0.1) is 11.3 Å². The molecule has 0 spiro atoms. The molecule has 0 aliphatic carbocycles. The number of aromatic nitrogens is 1. The van der Waals surface area contributed by atoms with E-state index in [1.165, 1.54) is 11.3 Å². The van der Waals surface area contributed by atoms with Gasteiger partial charge in [0.1, 0.15) is 11.3 Å². The lowest BCUT2D eigenvalue weighted by Crippen LogP contribution is -2.23. The Labute approximate surface area is 123 Å². The maximum absolute atomic E-state index is 12.0. The van der Waals surface area contributed by atoms with Crippen molar-refractivity contribution >= 4 is 34.5 Å². The van der Waals surface area contributed by atoms with Gasteiger partial charge in [0.2, 0.25) is 0 Å². The molecule has 0 atom stereocenters. The number of halogens is 1. The fraction of sp³-hybridized carbons (Fsp3) is 0.167. The maximum atomic E-state index is 12.0. The van der Waals surface area contributed by atoms with Crippen LogP contribution >= 0.6 is 22.9 Å². The number of carbonyl (C=O) groups is 1. The average molecular weight is 312 g/mol. The second-order valence-corrected chi connectivity index (χ2v) is 5.36. The highest BCUT2D eigenvalue weighted by Crippen LogP contribution is 2.20. The van der Waals surface area contributed by atoms with Crippen molar-refractivity contribution in [3.8, 4) is 0 Å². The molecule has 0 aromatic carbocycles. The number of aryl methyl sites for hydroxylation is 1. The number of rotatable bonds is 4. The van der Waals surface area contributed by atoms with Crippen molar-refractivity contribution in [3.05, 3.63) is 55.0 Å². The summed E-state index contributed by atoms with van der Waals surface area (Å²) in [7, 11) is 0. The highest BCUT2D eigenvalue weighted by molar-refractivity contribution is 7.10. The molecule has 0 unspecified atom stereocenters. The predicted molar refractivity (Wildman–Crippen MR) is 76.1 cm³/mol. The van der Waals surface area contributed by atoms with Crippen molar-refractivity contribution < 1.29 is 9.72 Å². The van der Waals surface area contributed by atoms with Crippen molar-refractivity contribution in [1.29, 1.82) is 0 Å². The standard InChI is InChI=1S/C12H10ClN3O3S/c1-7-2-3-20-10(7)6-15-12(17)9-4-8(16(18)19)5-14-11(9)13/h2-5H,6H2,1H3,(H,15,17). The summed E-state index contributed by atoms with van der Waals surface area (Å²) in [5.41, 5.74) is 0.806. The highest BCUT2D eigenvalue weighted by atomic mass is 35.5. The molecule has 2 aromatic rings. The first-order valence-electron chi connectivity index (χ1n) is 5.60. The fourth-order valence-corrected chi connectivity index (χ4v) is 2.57. The minimum Gasteiger partial charge on any atom is -0.347 e. The number of pyridine rings is 1. The Kier molecular flexibility index (Phi) is 4.31. The number of carbonyl (C=O) groups excluding carboxylic acids is 1. The number of nitrogens with zero attached hydrogens (tertiary/aromatic N) is 2. The van der Waals surface area contributed by atoms with Gasteiger partial charge < -0.3 is 5.32 Å². The van der Waals surface area contributed by atoms with Crippen LogP contribution in [-0.4, -0.2) is 15.8 Å². The van der Waals surface area contributed by atoms with Crippen LogP contribution in [0.25, 0.3) is 0 Å². The topological polar surface area (TPSA) is 85.1 Å². The van der Waals surface area contributed by atoms with Crippen molar-refractivity contribution in [3.63, 3.8) is 0 Å². The van der Waals surface area contributed by atoms with Gasteiger partial charge in [0.25, 0.3) is 11.6 Å². The predicted octanol–water partition coefficient (Wildman–Crippen LogP) is 2.94. The zero-order valence-corrected chi connectivity index (χ0v) is 12.0. The van der Waals surface area contributed by atoms with Gasteiger partial charge in [0.05, 0.1) is 17.0 Å². The summed E-state index contributed by atoms with van der Waals surface area (Å²) in [5, 5.41) is 15.2. The molecule has 6 nitrogen and oxygen atoms in total. The summed E-state index contributed by atoms with van der Waals surface area (Å²) in [6.07, 6.45) is 1.02. The molecule has 0 aliphatic heterocycles. The van der Waals surface area contributed by atoms with Gasteiger partial charge >= 0.3 is 0 Å². The number of amides is 1. The summed E-state index contributed by atoms with van der Waals surface area (Å²) in [6.45, 7) is 2.29. The number of thiophene rings is 1. The molecule has 0 fully saturated rings. The Morgan fingerprint density at radius 3 is 2.95 bits per heavy atom. The van der Waals surface area contributed by atoms with Crippen molar-refractivity contribution in [1.82, 2.24) is 10.3 Å². The van der Waals surface area contributed by atoms with Crippen LogP contribution in [-0.2, 0) is 6.54 Å². The number of nitrogens with one attached hydrogen (secondary N) is 1. The summed E-state index contributed by atoms with van der Waals surface area (Å²) in [6, 6.07) is 3.07. The van der Waals surface area contributed by atoms with Gasteiger partial charge in [-0.25, -0.2) is 4.98 Å². The molecule has 0 bridgehead atoms. The molecule has 1 amide bonds. The normalized spacial score (nSPS) is 10.3. The molecule has 0 saturated heterocycles. The lowest BCUT2D eigenvalue weighted by molar-refractivity contribution is -0.385. The van der Waals surface area contributed by atoms with Crippen LogP contribution in [0.2, 0.25) is 5.15 Å². The maximum Gasteiger partial charge on any atom is 0.288 e. The van der Waals surface area contributed by atoms with E-state index in [1.807, 2.05) is 18.4 Å². The Balaban J connectivity index is 2.15. The van der Waals surface area contributed by atoms with Crippen molar-refractivity contribution in [2.75, 3.05) is 0 Å². The van der Waals surface area contributed by atoms with Gasteiger partial charge in [-0.1, -0.05) is 11.6 Å². The second-order valence-electron chi connectivity index (χ2n) is 4.00. The van der Waals surface area contributed by atoms with Crippen LogP contribution in [0.1, 0.15) is 20.8 Å². The third-order valence-corrected chi connectivity index (χ3v) is 3.98. The first-order chi connectivity index (χ1) is 9.49. The van der Waals surface area contributed by atoms with E-state index in [4.69, 9.17) is 11.6 Å². The third kappa shape index (κ3) is 3.12. The first-order valence-corrected chi connectivity index (χ1v) is 6.86. The fourth-order valence-electron chi connectivity index (χ4n) is 1.54. The van der Waals surface area contributed by atoms with E-state index in [0.717, 1.165) is 22.7 Å². The molecule has 1 N–H and O–H groups in total. The van der Waals surface area contributed by atoms with Gasteiger partial charge in [-0.05, 0) is 23.9 Å². The van der Waals surface area contributed by atoms with E-state index in [2.05, 4.69) is 10.3 Å². The SMILES string of the molecule is Cc1ccsc1CNC(=O)c1cc([N+](=O)[O-])cnc1Cl. The van der Waals surface area contributed by atoms with E-state index in [1.54, 1.807) is 0 Å². The smallest absolute Gasteiger partial charge is 0.288 e. The first kappa shape index (κ1) is 14.4. The molecule has 2 aromatic heterocycles. The largest absolute Gasteiger partial charge is 0.347 e. The van der Waals surface area contributed by atoms with E-state index >= 15 is 0 Å². The van der Waals surface area contributed by atoms with Crippen LogP contribution in [0, 0.1) is 17.0 Å².